The number of hydrogen-bond donors (Lipinski definition) is 1. The monoisotopic (exact) mass is 287 g/mol. The van der Waals surface area contributed by atoms with E-state index in [4.69, 9.17) is 10.5 Å². The van der Waals surface area contributed by atoms with E-state index in [-0.39, 0.29) is 17.0 Å². The van der Waals surface area contributed by atoms with Gasteiger partial charge in [0.1, 0.15) is 4.90 Å². The maximum atomic E-state index is 12.6. The number of nitrogens with zero attached hydrogens (tertiary/aromatic N) is 2. The Morgan fingerprint density at radius 3 is 2.74 bits per heavy atom. The molecule has 2 atom stereocenters. The van der Waals surface area contributed by atoms with Gasteiger partial charge in [0.15, 0.2) is 0 Å². The number of sulfonamides is 1. The van der Waals surface area contributed by atoms with Crippen LogP contribution in [0.2, 0.25) is 0 Å². The van der Waals surface area contributed by atoms with Gasteiger partial charge >= 0.3 is 0 Å². The first-order valence-corrected chi connectivity index (χ1v) is 7.77. The molecule has 108 valence electrons. The normalized spacial score (nSPS) is 24.3. The Morgan fingerprint density at radius 2 is 2.26 bits per heavy atom. The molecule has 0 spiro atoms. The van der Waals surface area contributed by atoms with Crippen LogP contribution in [0.4, 0.5) is 0 Å². The van der Waals surface area contributed by atoms with Gasteiger partial charge in [0.25, 0.3) is 0 Å². The molecule has 0 saturated carbocycles. The van der Waals surface area contributed by atoms with Gasteiger partial charge in [-0.2, -0.15) is 4.31 Å². The van der Waals surface area contributed by atoms with Crippen LogP contribution >= 0.6 is 0 Å². The van der Waals surface area contributed by atoms with Gasteiger partial charge in [-0.3, -0.25) is 0 Å². The highest BCUT2D eigenvalue weighted by atomic mass is 32.2. The summed E-state index contributed by atoms with van der Waals surface area (Å²) < 4.78 is 33.7. The average Bonchev–Trinajstić information content (AvgIpc) is 2.94. The Kier molecular flexibility index (Phi) is 4.00. The molecular weight excluding hydrogens is 266 g/mol. The molecule has 0 amide bonds. The van der Waals surface area contributed by atoms with Crippen molar-refractivity contribution < 1.29 is 13.2 Å². The summed E-state index contributed by atoms with van der Waals surface area (Å²) in [7, 11) is -0.0846. The smallest absolute Gasteiger partial charge is 0.244 e. The lowest BCUT2D eigenvalue weighted by Gasteiger charge is -2.25. The number of hydrogen-bond acceptors (Lipinski definition) is 4. The second kappa shape index (κ2) is 5.24. The van der Waals surface area contributed by atoms with Crippen molar-refractivity contribution in [2.45, 2.75) is 36.9 Å². The van der Waals surface area contributed by atoms with Crippen LogP contribution in [0.3, 0.4) is 0 Å². The minimum Gasteiger partial charge on any atom is -0.377 e. The fourth-order valence-electron chi connectivity index (χ4n) is 2.46. The van der Waals surface area contributed by atoms with Crippen molar-refractivity contribution in [2.24, 2.45) is 12.8 Å². The lowest BCUT2D eigenvalue weighted by molar-refractivity contribution is 0.102. The fraction of sp³-hybridized carbons (Fsp3) is 0.667. The van der Waals surface area contributed by atoms with Crippen LogP contribution in [0.1, 0.15) is 19.0 Å². The molecule has 7 heteroatoms. The molecule has 2 heterocycles. The lowest BCUT2D eigenvalue weighted by Crippen LogP contribution is -2.40. The quantitative estimate of drug-likeness (QED) is 0.863. The summed E-state index contributed by atoms with van der Waals surface area (Å²) in [6, 6.07) is 1.53. The van der Waals surface area contributed by atoms with Crippen LogP contribution in [-0.2, 0) is 28.4 Å². The number of ether oxygens (including phenoxy) is 1. The van der Waals surface area contributed by atoms with E-state index in [0.717, 1.165) is 12.1 Å². The summed E-state index contributed by atoms with van der Waals surface area (Å²) in [5, 5.41) is 0. The molecule has 0 bridgehead atoms. The summed E-state index contributed by atoms with van der Waals surface area (Å²) in [4.78, 5) is 0.289. The SMILES string of the molecule is CC1OCCC1N(C)S(=O)(=O)c1cc(CN)n(C)c1. The third kappa shape index (κ3) is 2.55. The van der Waals surface area contributed by atoms with Crippen LogP contribution in [0.5, 0.6) is 0 Å². The maximum absolute atomic E-state index is 12.6. The Morgan fingerprint density at radius 1 is 1.58 bits per heavy atom. The maximum Gasteiger partial charge on any atom is 0.244 e. The first kappa shape index (κ1) is 14.5. The number of aryl methyl sites for hydroxylation is 1. The standard InChI is InChI=1S/C12H21N3O3S/c1-9-12(4-5-18-9)15(3)19(16,17)11-6-10(7-13)14(2)8-11/h6,8-9,12H,4-5,7,13H2,1-3H3. The average molecular weight is 287 g/mol. The van der Waals surface area contributed by atoms with E-state index in [2.05, 4.69) is 0 Å². The molecule has 6 nitrogen and oxygen atoms in total. The van der Waals surface area contributed by atoms with E-state index >= 15 is 0 Å². The van der Waals surface area contributed by atoms with Crippen molar-refractivity contribution in [3.05, 3.63) is 18.0 Å². The Bertz CT molecular complexity index is 553. The summed E-state index contributed by atoms with van der Waals surface area (Å²) in [5.74, 6) is 0. The van der Waals surface area contributed by atoms with Crippen molar-refractivity contribution >= 4 is 10.0 Å². The second-order valence-electron chi connectivity index (χ2n) is 4.94. The van der Waals surface area contributed by atoms with Crippen LogP contribution in [0.25, 0.3) is 0 Å². The van der Waals surface area contributed by atoms with Gasteiger partial charge < -0.3 is 15.0 Å². The highest BCUT2D eigenvalue weighted by molar-refractivity contribution is 7.89. The predicted octanol–water partition coefficient (Wildman–Crippen LogP) is 0.282. The molecule has 1 saturated heterocycles. The van der Waals surface area contributed by atoms with Gasteiger partial charge in [-0.05, 0) is 19.4 Å². The van der Waals surface area contributed by atoms with Crippen LogP contribution in [-0.4, -0.2) is 43.1 Å². The van der Waals surface area contributed by atoms with Gasteiger partial charge in [0, 0.05) is 39.1 Å². The third-order valence-corrected chi connectivity index (χ3v) is 5.62. The topological polar surface area (TPSA) is 77.6 Å². The van der Waals surface area contributed by atoms with E-state index in [1.54, 1.807) is 30.9 Å². The molecule has 19 heavy (non-hydrogen) atoms. The molecule has 2 N–H and O–H groups in total. The summed E-state index contributed by atoms with van der Waals surface area (Å²) in [5.41, 5.74) is 6.37. The second-order valence-corrected chi connectivity index (χ2v) is 6.93. The van der Waals surface area contributed by atoms with Crippen LogP contribution in [0.15, 0.2) is 17.2 Å². The molecule has 2 unspecified atom stereocenters. The zero-order valence-electron chi connectivity index (χ0n) is 11.5. The molecule has 0 aromatic carbocycles. The molecule has 1 aliphatic heterocycles. The van der Waals surface area contributed by atoms with Crippen molar-refractivity contribution in [1.82, 2.24) is 8.87 Å². The van der Waals surface area contributed by atoms with Gasteiger partial charge in [0.05, 0.1) is 12.1 Å². The first-order chi connectivity index (χ1) is 8.87. The number of nitrogens with two attached hydrogens (primary N) is 1. The van der Waals surface area contributed by atoms with E-state index in [1.165, 1.54) is 4.31 Å². The van der Waals surface area contributed by atoms with Crippen LogP contribution in [0, 0.1) is 0 Å². The number of likely N-dealkylation sites (N-methyl/N-ethyl adjacent to an activating group) is 1. The summed E-state index contributed by atoms with van der Waals surface area (Å²) >= 11 is 0. The molecule has 0 radical (unpaired) electrons. The summed E-state index contributed by atoms with van der Waals surface area (Å²) in [6.07, 6.45) is 2.26. The van der Waals surface area contributed by atoms with Crippen LogP contribution < -0.4 is 5.73 Å². The fourth-order valence-corrected chi connectivity index (χ4v) is 4.01. The first-order valence-electron chi connectivity index (χ1n) is 6.33. The number of rotatable bonds is 4. The zero-order chi connectivity index (χ0) is 14.2. The largest absolute Gasteiger partial charge is 0.377 e. The van der Waals surface area contributed by atoms with Crippen molar-refractivity contribution in [3.8, 4) is 0 Å². The Labute approximate surface area is 114 Å². The minimum absolute atomic E-state index is 0.0718. The molecule has 1 aromatic heterocycles. The third-order valence-electron chi connectivity index (χ3n) is 3.77. The molecule has 1 fully saturated rings. The molecule has 1 aromatic rings. The minimum atomic E-state index is -3.49. The zero-order valence-corrected chi connectivity index (χ0v) is 12.4. The van der Waals surface area contributed by atoms with Crippen molar-refractivity contribution in [1.29, 1.82) is 0 Å². The predicted molar refractivity (Wildman–Crippen MR) is 72.1 cm³/mol. The lowest BCUT2D eigenvalue weighted by atomic mass is 10.2. The van der Waals surface area contributed by atoms with Gasteiger partial charge in [-0.1, -0.05) is 0 Å². The Balaban J connectivity index is 2.30. The highest BCUT2D eigenvalue weighted by Gasteiger charge is 2.35. The summed E-state index contributed by atoms with van der Waals surface area (Å²) in [6.45, 7) is 2.83. The van der Waals surface area contributed by atoms with E-state index in [1.807, 2.05) is 6.92 Å². The van der Waals surface area contributed by atoms with Gasteiger partial charge in [-0.25, -0.2) is 8.42 Å². The Hall–Kier alpha value is -0.890. The van der Waals surface area contributed by atoms with Gasteiger partial charge in [0.2, 0.25) is 10.0 Å². The van der Waals surface area contributed by atoms with Gasteiger partial charge in [-0.15, -0.1) is 0 Å². The van der Waals surface area contributed by atoms with E-state index < -0.39 is 10.0 Å². The van der Waals surface area contributed by atoms with Crippen molar-refractivity contribution in [3.63, 3.8) is 0 Å². The van der Waals surface area contributed by atoms with E-state index in [0.29, 0.717) is 13.2 Å². The van der Waals surface area contributed by atoms with E-state index in [9.17, 15) is 8.42 Å². The number of aromatic nitrogens is 1. The highest BCUT2D eigenvalue weighted by Crippen LogP contribution is 2.25. The molecule has 0 aliphatic carbocycles. The molecule has 1 aliphatic rings. The molecule has 2 rings (SSSR count). The van der Waals surface area contributed by atoms with Crippen molar-refractivity contribution in [2.75, 3.05) is 13.7 Å². The molecular formula is C12H21N3O3S.